The van der Waals surface area contributed by atoms with Gasteiger partial charge in [0.15, 0.2) is 0 Å². The normalized spacial score (nSPS) is 19.3. The first-order valence-electron chi connectivity index (χ1n) is 12.8. The fourth-order valence-corrected chi connectivity index (χ4v) is 5.69. The molecule has 0 saturated carbocycles. The third-order valence-electron chi connectivity index (χ3n) is 6.53. The van der Waals surface area contributed by atoms with E-state index in [2.05, 4.69) is 49.7 Å². The Hall–Kier alpha value is -1.48. The monoisotopic (exact) mass is 596 g/mol. The Morgan fingerprint density at radius 2 is 1.63 bits per heavy atom. The largest absolute Gasteiger partial charge is 2.00 e. The van der Waals surface area contributed by atoms with E-state index < -0.39 is 11.7 Å². The molecular formula is C30H41BrMgN2O4. The molecule has 204 valence electrons. The predicted octanol–water partition coefficient (Wildman–Crippen LogP) is 7.87. The molecular weight excluding hydrogens is 557 g/mol. The van der Waals surface area contributed by atoms with Gasteiger partial charge < -0.3 is 24.4 Å². The van der Waals surface area contributed by atoms with Gasteiger partial charge in [-0.25, -0.2) is 4.79 Å². The zero-order chi connectivity index (χ0) is 27.6. The van der Waals surface area contributed by atoms with Crippen LogP contribution < -0.4 is 14.4 Å². The molecule has 4 rings (SSSR count). The van der Waals surface area contributed by atoms with Crippen LogP contribution in [0.1, 0.15) is 84.8 Å². The number of piperidine rings is 1. The van der Waals surface area contributed by atoms with Gasteiger partial charge in [0.05, 0.1) is 14.2 Å². The summed E-state index contributed by atoms with van der Waals surface area (Å²) in [6, 6.07) is 13.0. The molecule has 0 spiro atoms. The molecule has 0 radical (unpaired) electrons. The molecule has 1 unspecified atom stereocenters. The molecule has 6 nitrogen and oxygen atoms in total. The third-order valence-corrected chi connectivity index (χ3v) is 7.19. The van der Waals surface area contributed by atoms with E-state index in [0.717, 1.165) is 21.3 Å². The zero-order valence-electron chi connectivity index (χ0n) is 24.4. The second-order valence-electron chi connectivity index (χ2n) is 12.0. The van der Waals surface area contributed by atoms with Crippen LogP contribution in [0.15, 0.2) is 34.8 Å². The summed E-state index contributed by atoms with van der Waals surface area (Å²) < 4.78 is 17.1. The van der Waals surface area contributed by atoms with E-state index in [1.165, 1.54) is 19.3 Å². The number of carbonyl (C=O) groups is 1. The second kappa shape index (κ2) is 12.8. The molecule has 1 amide bonds. The Balaban J connectivity index is 0.000000389. The van der Waals surface area contributed by atoms with Crippen molar-refractivity contribution in [2.24, 2.45) is 0 Å². The summed E-state index contributed by atoms with van der Waals surface area (Å²) in [6.45, 7) is 15.0. The summed E-state index contributed by atoms with van der Waals surface area (Å²) in [6.07, 6.45) is 3.47. The minimum atomic E-state index is -0.578. The molecule has 0 aromatic heterocycles. The summed E-state index contributed by atoms with van der Waals surface area (Å²) >= 11 is 3.64. The van der Waals surface area contributed by atoms with Crippen molar-refractivity contribution in [3.05, 3.63) is 57.3 Å². The number of hydrogen-bond acceptors (Lipinski definition) is 4. The maximum atomic E-state index is 12.8. The van der Waals surface area contributed by atoms with Gasteiger partial charge in [0.25, 0.3) is 0 Å². The van der Waals surface area contributed by atoms with E-state index in [9.17, 15) is 4.79 Å². The second-order valence-corrected chi connectivity index (χ2v) is 12.8. The summed E-state index contributed by atoms with van der Waals surface area (Å²) in [5, 5.41) is 4.75. The Bertz CT molecular complexity index is 1080. The van der Waals surface area contributed by atoms with Crippen LogP contribution in [0.25, 0.3) is 5.32 Å². The van der Waals surface area contributed by atoms with Gasteiger partial charge in [-0.1, -0.05) is 85.2 Å². The topological polar surface area (TPSA) is 62.1 Å². The average molecular weight is 598 g/mol. The molecule has 0 aliphatic carbocycles. The Labute approximate surface area is 253 Å². The number of hydrogen-bond donors (Lipinski definition) is 0. The van der Waals surface area contributed by atoms with Crippen LogP contribution in [0.2, 0.25) is 0 Å². The molecule has 2 aromatic carbocycles. The smallest absolute Gasteiger partial charge is 0.652 e. The molecule has 2 heterocycles. The van der Waals surface area contributed by atoms with Crippen molar-refractivity contribution in [1.29, 1.82) is 0 Å². The zero-order valence-corrected chi connectivity index (χ0v) is 27.4. The minimum Gasteiger partial charge on any atom is -0.652 e. The summed E-state index contributed by atoms with van der Waals surface area (Å²) in [5.74, 6) is 1.35. The summed E-state index contributed by atoms with van der Waals surface area (Å²) in [4.78, 5) is 14.4. The number of methoxy groups -OCH3 is 2. The van der Waals surface area contributed by atoms with Gasteiger partial charge in [-0.2, -0.15) is 0 Å². The molecule has 2 aromatic rings. The molecule has 38 heavy (non-hydrogen) atoms. The van der Waals surface area contributed by atoms with Crippen LogP contribution in [0.4, 0.5) is 10.5 Å². The molecule has 1 saturated heterocycles. The quantitative estimate of drug-likeness (QED) is 0.267. The van der Waals surface area contributed by atoms with Crippen LogP contribution in [0, 0.1) is 6.07 Å². The Morgan fingerprint density at radius 1 is 1.05 bits per heavy atom. The molecule has 8 heteroatoms. The van der Waals surface area contributed by atoms with Crippen LogP contribution in [-0.4, -0.2) is 66.6 Å². The summed E-state index contributed by atoms with van der Waals surface area (Å²) in [7, 11) is 3.22. The fourth-order valence-electron chi connectivity index (χ4n) is 5.02. The molecule has 2 aliphatic heterocycles. The van der Waals surface area contributed by atoms with Crippen molar-refractivity contribution < 1.29 is 19.0 Å². The first-order chi connectivity index (χ1) is 17.1. The molecule has 0 bridgehead atoms. The van der Waals surface area contributed by atoms with Crippen LogP contribution in [0.5, 0.6) is 11.5 Å². The number of amides is 1. The fraction of sp³-hybridized carbons (Fsp3) is 0.567. The van der Waals surface area contributed by atoms with Crippen molar-refractivity contribution in [2.75, 3.05) is 25.7 Å². The number of fused-ring (bicyclic) bond motifs is 1. The average Bonchev–Trinajstić information content (AvgIpc) is 3.17. The number of nitrogens with zero attached hydrogens (tertiary/aromatic N) is 2. The van der Waals surface area contributed by atoms with E-state index in [1.807, 2.05) is 51.1 Å². The number of benzene rings is 2. The van der Waals surface area contributed by atoms with Crippen molar-refractivity contribution >= 4 is 50.8 Å². The molecule has 2 aliphatic rings. The van der Waals surface area contributed by atoms with E-state index in [-0.39, 0.29) is 40.0 Å². The van der Waals surface area contributed by atoms with Crippen molar-refractivity contribution in [3.63, 3.8) is 0 Å². The molecule has 0 N–H and O–H groups in total. The first kappa shape index (κ1) is 32.7. The van der Waals surface area contributed by atoms with Gasteiger partial charge in [0.1, 0.15) is 11.4 Å². The Kier molecular flexibility index (Phi) is 11.0. The van der Waals surface area contributed by atoms with E-state index in [4.69, 9.17) is 19.5 Å². The minimum absolute atomic E-state index is 0. The van der Waals surface area contributed by atoms with Gasteiger partial charge in [0.2, 0.25) is 0 Å². The van der Waals surface area contributed by atoms with Crippen LogP contribution in [-0.2, 0) is 4.74 Å². The number of ether oxygens (including phenoxy) is 3. The van der Waals surface area contributed by atoms with E-state index >= 15 is 0 Å². The number of rotatable bonds is 3. The van der Waals surface area contributed by atoms with Crippen LogP contribution in [0.3, 0.4) is 0 Å². The summed E-state index contributed by atoms with van der Waals surface area (Å²) in [5.41, 5.74) is 2.65. The van der Waals surface area contributed by atoms with Gasteiger partial charge in [-0.3, -0.25) is 0 Å². The van der Waals surface area contributed by atoms with Gasteiger partial charge in [-0.05, 0) is 44.4 Å². The SMILES string of the molecule is CC1(C)CCCC(C)(C)[N-]1.COc1[c-]c2c(c(Br)c1)C(c1ccc(OC)cc1)CN2C(=O)OC(C)(C)C.[Mg+2]. The molecule has 1 fully saturated rings. The Morgan fingerprint density at radius 3 is 2.08 bits per heavy atom. The van der Waals surface area contributed by atoms with Crippen molar-refractivity contribution in [3.8, 4) is 11.5 Å². The maximum absolute atomic E-state index is 12.8. The third kappa shape index (κ3) is 8.51. The van der Waals surface area contributed by atoms with E-state index in [0.29, 0.717) is 18.0 Å². The van der Waals surface area contributed by atoms with Gasteiger partial charge in [-0.15, -0.1) is 28.8 Å². The number of halogens is 1. The van der Waals surface area contributed by atoms with Gasteiger partial charge >= 0.3 is 29.1 Å². The number of carbonyl (C=O) groups excluding carboxylic acids is 1. The van der Waals surface area contributed by atoms with Crippen molar-refractivity contribution in [2.45, 2.75) is 90.3 Å². The number of anilines is 1. The van der Waals surface area contributed by atoms with Crippen molar-refractivity contribution in [1.82, 2.24) is 0 Å². The maximum Gasteiger partial charge on any atom is 2.00 e. The van der Waals surface area contributed by atoms with Gasteiger partial charge in [0, 0.05) is 12.3 Å². The van der Waals surface area contributed by atoms with E-state index in [1.54, 1.807) is 19.1 Å². The molecule has 1 atom stereocenters. The first-order valence-corrected chi connectivity index (χ1v) is 13.6. The van der Waals surface area contributed by atoms with Crippen LogP contribution >= 0.6 is 15.9 Å². The standard InChI is InChI=1S/C21H23BrNO4.C9H18N.Mg/c1-21(2,3)27-20(24)23-12-16(13-6-8-14(25-4)9-7-13)19-17(22)10-15(26-5)11-18(19)23;1-8(2)6-5-7-9(3,4)10-8;/h6-10,16H,12H2,1-5H3;5-7H2,1-4H3;/q2*-1;+2. The predicted molar refractivity (Wildman–Crippen MR) is 159 cm³/mol.